The smallest absolute Gasteiger partial charge is 0.267 e. The summed E-state index contributed by atoms with van der Waals surface area (Å²) in [5.41, 5.74) is 2.16. The molecule has 0 saturated carbocycles. The van der Waals surface area contributed by atoms with Gasteiger partial charge in [0.1, 0.15) is 16.9 Å². The van der Waals surface area contributed by atoms with Gasteiger partial charge in [-0.05, 0) is 41.7 Å². The number of nitrogens with one attached hydrogen (secondary N) is 1. The van der Waals surface area contributed by atoms with Crippen molar-refractivity contribution in [2.75, 3.05) is 13.7 Å². The molecule has 3 heterocycles. The van der Waals surface area contributed by atoms with E-state index in [9.17, 15) is 24.2 Å². The number of aromatic hydroxyl groups is 1. The van der Waals surface area contributed by atoms with Crippen molar-refractivity contribution in [1.82, 2.24) is 14.9 Å². The molecule has 0 saturated heterocycles. The molecule has 2 aromatic heterocycles. The summed E-state index contributed by atoms with van der Waals surface area (Å²) in [6.45, 7) is 0.104. The third-order valence-electron chi connectivity index (χ3n) is 5.39. The fourth-order valence-electron chi connectivity index (χ4n) is 3.94. The summed E-state index contributed by atoms with van der Waals surface area (Å²) in [6, 6.07) is 6.11. The zero-order valence-electron chi connectivity index (χ0n) is 15.8. The fraction of sp³-hybridized carbons (Fsp3) is 0.286. The van der Waals surface area contributed by atoms with Gasteiger partial charge < -0.3 is 20.1 Å². The third-order valence-corrected chi connectivity index (χ3v) is 5.39. The number of benzene rings is 1. The van der Waals surface area contributed by atoms with Crippen LogP contribution in [0.25, 0.3) is 11.0 Å². The van der Waals surface area contributed by atoms with Crippen LogP contribution in [-0.4, -0.2) is 39.3 Å². The van der Waals surface area contributed by atoms with E-state index in [1.165, 1.54) is 23.7 Å². The molecule has 7 nitrogen and oxygen atoms in total. The Bertz CT molecular complexity index is 1170. The van der Waals surface area contributed by atoms with Crippen LogP contribution in [0.3, 0.4) is 0 Å². The van der Waals surface area contributed by atoms with E-state index >= 15 is 0 Å². The van der Waals surface area contributed by atoms with Crippen LogP contribution in [-0.2, 0) is 19.4 Å². The van der Waals surface area contributed by atoms with Crippen LogP contribution in [0, 0.1) is 11.7 Å². The van der Waals surface area contributed by atoms with Crippen LogP contribution in [0.15, 0.2) is 35.3 Å². The van der Waals surface area contributed by atoms with E-state index in [1.807, 2.05) is 0 Å². The summed E-state index contributed by atoms with van der Waals surface area (Å²) in [4.78, 5) is 29.5. The van der Waals surface area contributed by atoms with E-state index in [2.05, 4.69) is 10.3 Å². The average molecular weight is 397 g/mol. The Hall–Kier alpha value is -3.26. The number of aromatic nitrogens is 2. The highest BCUT2D eigenvalue weighted by Crippen LogP contribution is 2.34. The molecule has 1 aliphatic heterocycles. The molecule has 150 valence electrons. The van der Waals surface area contributed by atoms with Crippen LogP contribution in [0.5, 0.6) is 5.75 Å². The standard InChI is InChI=1S/C21H20FN3O4/c1-23-20(28)16-19(27)17-18-15(7-12(10-26)9-25(18)21(16)29)13(8-24-17)6-11-2-4-14(22)5-3-11/h2-5,8,12,26-27H,6-7,9-10H2,1H3,(H,23,28). The predicted octanol–water partition coefficient (Wildman–Crippen LogP) is 1.36. The molecule has 0 bridgehead atoms. The molecule has 0 radical (unpaired) electrons. The first kappa shape index (κ1) is 19.1. The summed E-state index contributed by atoms with van der Waals surface area (Å²) >= 11 is 0. The first-order chi connectivity index (χ1) is 13.9. The number of amides is 1. The molecule has 1 atom stereocenters. The number of halogens is 1. The zero-order chi connectivity index (χ0) is 20.7. The Labute approximate surface area is 165 Å². The largest absolute Gasteiger partial charge is 0.505 e. The maximum absolute atomic E-state index is 13.2. The lowest BCUT2D eigenvalue weighted by Gasteiger charge is -2.28. The topological polar surface area (TPSA) is 104 Å². The van der Waals surface area contributed by atoms with Crippen LogP contribution in [0.4, 0.5) is 4.39 Å². The highest BCUT2D eigenvalue weighted by atomic mass is 19.1. The van der Waals surface area contributed by atoms with Gasteiger partial charge in [-0.15, -0.1) is 0 Å². The molecule has 1 amide bonds. The van der Waals surface area contributed by atoms with Crippen molar-refractivity contribution >= 4 is 16.9 Å². The summed E-state index contributed by atoms with van der Waals surface area (Å²) in [5.74, 6) is -1.67. The Morgan fingerprint density at radius 2 is 2.07 bits per heavy atom. The molecule has 0 fully saturated rings. The van der Waals surface area contributed by atoms with Crippen LogP contribution in [0.1, 0.15) is 27.0 Å². The molecule has 3 N–H and O–H groups in total. The molecular formula is C21H20FN3O4. The van der Waals surface area contributed by atoms with Gasteiger partial charge in [-0.25, -0.2) is 4.39 Å². The number of aliphatic hydroxyl groups excluding tert-OH is 1. The first-order valence-corrected chi connectivity index (χ1v) is 9.28. The van der Waals surface area contributed by atoms with Crippen molar-refractivity contribution in [3.05, 3.63) is 68.9 Å². The number of hydrogen-bond donors (Lipinski definition) is 3. The lowest BCUT2D eigenvalue weighted by Crippen LogP contribution is -2.37. The molecule has 4 rings (SSSR count). The van der Waals surface area contributed by atoms with E-state index in [1.54, 1.807) is 18.3 Å². The molecule has 3 aromatic rings. The Morgan fingerprint density at radius 3 is 2.72 bits per heavy atom. The van der Waals surface area contributed by atoms with Crippen molar-refractivity contribution in [3.63, 3.8) is 0 Å². The van der Waals surface area contributed by atoms with Crippen molar-refractivity contribution in [3.8, 4) is 5.75 Å². The minimum atomic E-state index is -0.692. The van der Waals surface area contributed by atoms with Crippen LogP contribution < -0.4 is 10.9 Å². The number of hydrogen-bond acceptors (Lipinski definition) is 5. The van der Waals surface area contributed by atoms with E-state index in [-0.39, 0.29) is 36.0 Å². The fourth-order valence-corrected chi connectivity index (χ4v) is 3.94. The molecule has 0 aliphatic carbocycles. The second-order valence-corrected chi connectivity index (χ2v) is 7.23. The van der Waals surface area contributed by atoms with Crippen LogP contribution in [0.2, 0.25) is 0 Å². The number of rotatable bonds is 4. The van der Waals surface area contributed by atoms with Crippen molar-refractivity contribution < 1.29 is 19.4 Å². The van der Waals surface area contributed by atoms with Gasteiger partial charge in [-0.2, -0.15) is 0 Å². The van der Waals surface area contributed by atoms with E-state index in [0.717, 1.165) is 16.7 Å². The minimum Gasteiger partial charge on any atom is -0.505 e. The number of nitrogens with zero attached hydrogens (tertiary/aromatic N) is 2. The van der Waals surface area contributed by atoms with Gasteiger partial charge in [0.2, 0.25) is 0 Å². The molecule has 29 heavy (non-hydrogen) atoms. The quantitative estimate of drug-likeness (QED) is 0.617. The van der Waals surface area contributed by atoms with Gasteiger partial charge in [0, 0.05) is 32.3 Å². The molecular weight excluding hydrogens is 377 g/mol. The van der Waals surface area contributed by atoms with Crippen molar-refractivity contribution in [1.29, 1.82) is 0 Å². The third kappa shape index (κ3) is 3.15. The van der Waals surface area contributed by atoms with Gasteiger partial charge in [0.15, 0.2) is 5.75 Å². The van der Waals surface area contributed by atoms with Gasteiger partial charge in [0.25, 0.3) is 11.5 Å². The highest BCUT2D eigenvalue weighted by molar-refractivity contribution is 6.01. The van der Waals surface area contributed by atoms with Gasteiger partial charge in [-0.3, -0.25) is 14.6 Å². The summed E-state index contributed by atoms with van der Waals surface area (Å²) < 4.78 is 14.6. The second-order valence-electron chi connectivity index (χ2n) is 7.23. The van der Waals surface area contributed by atoms with E-state index < -0.39 is 17.2 Å². The second kappa shape index (κ2) is 7.29. The lowest BCUT2D eigenvalue weighted by molar-refractivity contribution is 0.0958. The maximum Gasteiger partial charge on any atom is 0.267 e. The number of aliphatic hydroxyl groups is 1. The van der Waals surface area contributed by atoms with Crippen molar-refractivity contribution in [2.24, 2.45) is 5.92 Å². The summed E-state index contributed by atoms with van der Waals surface area (Å²) in [6.07, 6.45) is 2.57. The molecule has 1 aromatic carbocycles. The Kier molecular flexibility index (Phi) is 4.79. The molecule has 1 aliphatic rings. The Morgan fingerprint density at radius 1 is 1.34 bits per heavy atom. The van der Waals surface area contributed by atoms with Crippen LogP contribution >= 0.6 is 0 Å². The summed E-state index contributed by atoms with van der Waals surface area (Å²) in [5, 5.41) is 22.7. The monoisotopic (exact) mass is 397 g/mol. The average Bonchev–Trinajstić information content (AvgIpc) is 2.73. The minimum absolute atomic E-state index is 0.123. The predicted molar refractivity (Wildman–Crippen MR) is 105 cm³/mol. The molecule has 1 unspecified atom stereocenters. The lowest BCUT2D eigenvalue weighted by atomic mass is 9.89. The SMILES string of the molecule is CNC(=O)c1c(O)c2ncc(Cc3ccc(F)cc3)c3c2n(c1=O)CC(CO)C3. The number of carbonyl (C=O) groups excluding carboxylic acids is 1. The summed E-state index contributed by atoms with van der Waals surface area (Å²) in [7, 11) is 1.38. The normalized spacial score (nSPS) is 15.5. The Balaban J connectivity index is 1.96. The number of pyridine rings is 2. The molecule has 8 heteroatoms. The maximum atomic E-state index is 13.2. The highest BCUT2D eigenvalue weighted by Gasteiger charge is 2.30. The zero-order valence-corrected chi connectivity index (χ0v) is 15.8. The van der Waals surface area contributed by atoms with Gasteiger partial charge in [-0.1, -0.05) is 12.1 Å². The molecule has 0 spiro atoms. The van der Waals surface area contributed by atoms with E-state index in [0.29, 0.717) is 18.4 Å². The van der Waals surface area contributed by atoms with Gasteiger partial charge in [0.05, 0.1) is 5.52 Å². The van der Waals surface area contributed by atoms with Gasteiger partial charge >= 0.3 is 0 Å². The first-order valence-electron chi connectivity index (χ1n) is 9.28. The number of carbonyl (C=O) groups is 1. The van der Waals surface area contributed by atoms with E-state index in [4.69, 9.17) is 0 Å². The van der Waals surface area contributed by atoms with Crippen molar-refractivity contribution in [2.45, 2.75) is 19.4 Å².